The predicted octanol–water partition coefficient (Wildman–Crippen LogP) is -0.250. The molecule has 2 atom stereocenters. The van der Waals surface area contributed by atoms with Gasteiger partial charge in [0.1, 0.15) is 19.3 Å². The molecule has 114 valence electrons. The molecular formula is C10H23NO7P+. The fourth-order valence-corrected chi connectivity index (χ4v) is 1.74. The number of hydrogen-bond acceptors (Lipinski definition) is 6. The van der Waals surface area contributed by atoms with Gasteiger partial charge in [0.2, 0.25) is 0 Å². The van der Waals surface area contributed by atoms with Crippen molar-refractivity contribution in [1.82, 2.24) is 0 Å². The van der Waals surface area contributed by atoms with Crippen molar-refractivity contribution >= 4 is 13.8 Å². The van der Waals surface area contributed by atoms with Crippen LogP contribution in [0.3, 0.4) is 0 Å². The molecule has 9 heteroatoms. The number of carbonyl (C=O) groups excluding carboxylic acids is 1. The molecule has 0 rings (SSSR count). The van der Waals surface area contributed by atoms with Crippen molar-refractivity contribution in [2.75, 3.05) is 47.5 Å². The average Bonchev–Trinajstić information content (AvgIpc) is 2.21. The van der Waals surface area contributed by atoms with Gasteiger partial charge < -0.3 is 19.2 Å². The number of nitrogens with zero attached hydrogens (tertiary/aromatic N) is 1. The van der Waals surface area contributed by atoms with Crippen LogP contribution in [-0.2, 0) is 23.1 Å². The molecule has 0 aliphatic heterocycles. The first kappa shape index (κ1) is 18.5. The van der Waals surface area contributed by atoms with Crippen LogP contribution in [0.1, 0.15) is 6.92 Å². The molecule has 0 spiro atoms. The van der Waals surface area contributed by atoms with E-state index >= 15 is 0 Å². The molecule has 0 saturated heterocycles. The Morgan fingerprint density at radius 2 is 1.89 bits per heavy atom. The number of ether oxygens (including phenoxy) is 1. The van der Waals surface area contributed by atoms with E-state index in [1.165, 1.54) is 6.92 Å². The summed E-state index contributed by atoms with van der Waals surface area (Å²) >= 11 is 0. The van der Waals surface area contributed by atoms with Crippen LogP contribution in [0.2, 0.25) is 0 Å². The molecule has 0 fully saturated rings. The highest BCUT2D eigenvalue weighted by atomic mass is 31.2. The van der Waals surface area contributed by atoms with Crippen molar-refractivity contribution < 1.29 is 37.6 Å². The quantitative estimate of drug-likeness (QED) is 0.344. The summed E-state index contributed by atoms with van der Waals surface area (Å²) in [6.45, 7) is 0.835. The zero-order chi connectivity index (χ0) is 15.1. The first-order valence-electron chi connectivity index (χ1n) is 5.76. The molecule has 0 bridgehead atoms. The fourth-order valence-electron chi connectivity index (χ4n) is 1.00. The largest absolute Gasteiger partial charge is 0.472 e. The van der Waals surface area contributed by atoms with Gasteiger partial charge in [0, 0.05) is 6.92 Å². The molecular weight excluding hydrogens is 277 g/mol. The van der Waals surface area contributed by atoms with Crippen molar-refractivity contribution in [1.29, 1.82) is 0 Å². The number of carbonyl (C=O) groups is 1. The second kappa shape index (κ2) is 7.94. The Balaban J connectivity index is 4.07. The van der Waals surface area contributed by atoms with Crippen molar-refractivity contribution in [3.8, 4) is 0 Å². The predicted molar refractivity (Wildman–Crippen MR) is 67.3 cm³/mol. The summed E-state index contributed by atoms with van der Waals surface area (Å²) in [6.07, 6.45) is -0.986. The Hall–Kier alpha value is -0.500. The van der Waals surface area contributed by atoms with Gasteiger partial charge in [-0.15, -0.1) is 0 Å². The summed E-state index contributed by atoms with van der Waals surface area (Å²) in [5, 5.41) is 8.88. The summed E-state index contributed by atoms with van der Waals surface area (Å²) in [4.78, 5) is 20.0. The van der Waals surface area contributed by atoms with Crippen LogP contribution < -0.4 is 0 Å². The molecule has 0 saturated carbocycles. The first-order chi connectivity index (χ1) is 8.56. The van der Waals surface area contributed by atoms with Crippen molar-refractivity contribution in [3.05, 3.63) is 0 Å². The fraction of sp³-hybridized carbons (Fsp3) is 0.900. The molecule has 0 amide bonds. The molecule has 0 radical (unpaired) electrons. The lowest BCUT2D eigenvalue weighted by molar-refractivity contribution is -0.870. The van der Waals surface area contributed by atoms with Gasteiger partial charge in [-0.3, -0.25) is 13.8 Å². The van der Waals surface area contributed by atoms with Gasteiger partial charge in [-0.25, -0.2) is 4.57 Å². The molecule has 0 aromatic heterocycles. The number of rotatable bonds is 9. The van der Waals surface area contributed by atoms with E-state index in [1.807, 2.05) is 21.1 Å². The smallest absolute Gasteiger partial charge is 0.458 e. The molecule has 2 unspecified atom stereocenters. The van der Waals surface area contributed by atoms with E-state index in [2.05, 4.69) is 9.26 Å². The van der Waals surface area contributed by atoms with E-state index < -0.39 is 33.1 Å². The Kier molecular flexibility index (Phi) is 7.73. The number of hydrogen-bond donors (Lipinski definition) is 2. The van der Waals surface area contributed by atoms with Crippen molar-refractivity contribution in [2.45, 2.75) is 13.0 Å². The van der Waals surface area contributed by atoms with E-state index in [4.69, 9.17) is 9.63 Å². The number of phosphoric acid groups is 1. The SMILES string of the molecule is CC(=O)OC(CO)COP(=O)(O)OCC[N+](C)(C)C. The molecule has 2 N–H and O–H groups in total. The van der Waals surface area contributed by atoms with Crippen LogP contribution in [0, 0.1) is 0 Å². The number of aliphatic hydroxyl groups excluding tert-OH is 1. The highest BCUT2D eigenvalue weighted by Crippen LogP contribution is 2.43. The van der Waals surface area contributed by atoms with Crippen molar-refractivity contribution in [3.63, 3.8) is 0 Å². The van der Waals surface area contributed by atoms with Crippen LogP contribution in [0.5, 0.6) is 0 Å². The maximum Gasteiger partial charge on any atom is 0.472 e. The van der Waals surface area contributed by atoms with E-state index in [1.54, 1.807) is 0 Å². The number of phosphoric ester groups is 1. The highest BCUT2D eigenvalue weighted by molar-refractivity contribution is 7.47. The number of aliphatic hydroxyl groups is 1. The second-order valence-corrected chi connectivity index (χ2v) is 6.48. The molecule has 0 aliphatic rings. The molecule has 0 heterocycles. The Labute approximate surface area is 113 Å². The minimum Gasteiger partial charge on any atom is -0.458 e. The maximum absolute atomic E-state index is 11.5. The van der Waals surface area contributed by atoms with Crippen LogP contribution in [0.15, 0.2) is 0 Å². The summed E-state index contributed by atoms with van der Waals surface area (Å²) in [5.74, 6) is -0.610. The summed E-state index contributed by atoms with van der Waals surface area (Å²) in [6, 6.07) is 0. The lowest BCUT2D eigenvalue weighted by Gasteiger charge is -2.24. The number of esters is 1. The summed E-state index contributed by atoms with van der Waals surface area (Å²) in [5.41, 5.74) is 0. The van der Waals surface area contributed by atoms with Crippen LogP contribution in [0.25, 0.3) is 0 Å². The van der Waals surface area contributed by atoms with Crippen LogP contribution in [-0.4, -0.2) is 74.1 Å². The lowest BCUT2D eigenvalue weighted by atomic mass is 10.4. The van der Waals surface area contributed by atoms with E-state index in [0.29, 0.717) is 11.0 Å². The Morgan fingerprint density at radius 3 is 2.32 bits per heavy atom. The Morgan fingerprint density at radius 1 is 1.32 bits per heavy atom. The van der Waals surface area contributed by atoms with Gasteiger partial charge in [0.15, 0.2) is 0 Å². The van der Waals surface area contributed by atoms with E-state index in [-0.39, 0.29) is 6.61 Å². The van der Waals surface area contributed by atoms with E-state index in [0.717, 1.165) is 0 Å². The molecule has 19 heavy (non-hydrogen) atoms. The third kappa shape index (κ3) is 11.1. The zero-order valence-corrected chi connectivity index (χ0v) is 12.6. The first-order valence-corrected chi connectivity index (χ1v) is 7.26. The van der Waals surface area contributed by atoms with Crippen LogP contribution in [0.4, 0.5) is 0 Å². The average molecular weight is 300 g/mol. The monoisotopic (exact) mass is 300 g/mol. The van der Waals surface area contributed by atoms with Gasteiger partial charge in [0.05, 0.1) is 34.4 Å². The standard InChI is InChI=1S/C10H22NO7P/c1-9(13)18-10(7-12)8-17-19(14,15)16-6-5-11(2,3)4/h10,12H,5-8H2,1-4H3/p+1. The van der Waals surface area contributed by atoms with Crippen LogP contribution >= 0.6 is 7.82 Å². The molecule has 0 aromatic carbocycles. The van der Waals surface area contributed by atoms with Gasteiger partial charge in [-0.1, -0.05) is 0 Å². The highest BCUT2D eigenvalue weighted by Gasteiger charge is 2.25. The summed E-state index contributed by atoms with van der Waals surface area (Å²) < 4.78 is 26.1. The summed E-state index contributed by atoms with van der Waals surface area (Å²) in [7, 11) is 1.53. The molecule has 0 aliphatic carbocycles. The second-order valence-electron chi connectivity index (χ2n) is 5.03. The Bertz CT molecular complexity index is 328. The van der Waals surface area contributed by atoms with Gasteiger partial charge in [0.25, 0.3) is 0 Å². The van der Waals surface area contributed by atoms with Crippen molar-refractivity contribution in [2.24, 2.45) is 0 Å². The maximum atomic E-state index is 11.5. The normalized spacial score (nSPS) is 16.7. The molecule has 8 nitrogen and oxygen atoms in total. The van der Waals surface area contributed by atoms with Gasteiger partial charge in [-0.05, 0) is 0 Å². The number of likely N-dealkylation sites (N-methyl/N-ethyl adjacent to an activating group) is 1. The van der Waals surface area contributed by atoms with E-state index in [9.17, 15) is 14.3 Å². The minimum atomic E-state index is -4.20. The topological polar surface area (TPSA) is 102 Å². The zero-order valence-electron chi connectivity index (χ0n) is 11.7. The third-order valence-electron chi connectivity index (χ3n) is 1.98. The number of quaternary nitrogens is 1. The molecule has 0 aromatic rings. The third-order valence-corrected chi connectivity index (χ3v) is 2.96. The van der Waals surface area contributed by atoms with Gasteiger partial charge in [-0.2, -0.15) is 0 Å². The van der Waals surface area contributed by atoms with Gasteiger partial charge >= 0.3 is 13.8 Å². The minimum absolute atomic E-state index is 0.0502. The lowest BCUT2D eigenvalue weighted by Crippen LogP contribution is -2.37.